The van der Waals surface area contributed by atoms with Crippen molar-refractivity contribution in [3.05, 3.63) is 30.1 Å². The zero-order chi connectivity index (χ0) is 10.8. The molecule has 0 radical (unpaired) electrons. The van der Waals surface area contributed by atoms with E-state index in [4.69, 9.17) is 5.11 Å². The van der Waals surface area contributed by atoms with Gasteiger partial charge in [-0.25, -0.2) is 4.68 Å². The van der Waals surface area contributed by atoms with Gasteiger partial charge in [0, 0.05) is 6.07 Å². The molecule has 78 valence electrons. The van der Waals surface area contributed by atoms with E-state index in [1.165, 1.54) is 29.1 Å². The Kier molecular flexibility index (Phi) is 2.26. The second-order valence-corrected chi connectivity index (χ2v) is 2.99. The molecule has 0 fully saturated rings. The fourth-order valence-electron chi connectivity index (χ4n) is 1.18. The van der Waals surface area contributed by atoms with Crippen LogP contribution in [0.3, 0.4) is 0 Å². The molecule has 0 unspecified atom stereocenters. The molecule has 2 rings (SSSR count). The van der Waals surface area contributed by atoms with Crippen molar-refractivity contribution in [3.63, 3.8) is 0 Å². The minimum absolute atomic E-state index is 0.0175. The summed E-state index contributed by atoms with van der Waals surface area (Å²) in [6, 6.07) is 4.07. The number of hydrogen-bond donors (Lipinski definition) is 3. The number of aliphatic hydroxyl groups is 1. The summed E-state index contributed by atoms with van der Waals surface area (Å²) in [6.45, 7) is -0.223. The molecule has 0 amide bonds. The molecule has 0 aliphatic carbocycles. The van der Waals surface area contributed by atoms with Crippen LogP contribution >= 0.6 is 0 Å². The highest BCUT2D eigenvalue weighted by Gasteiger charge is 2.07. The van der Waals surface area contributed by atoms with E-state index in [-0.39, 0.29) is 18.1 Å². The van der Waals surface area contributed by atoms with Crippen molar-refractivity contribution in [1.29, 1.82) is 0 Å². The summed E-state index contributed by atoms with van der Waals surface area (Å²) in [5.41, 5.74) is 0.694. The molecule has 0 bridgehead atoms. The standard InChI is InChI=1S/C9H9N3O3/c13-5-6-4-12(11-10-6)8-3-7(14)1-2-9(8)15/h1-4,13-15H,5H2. The van der Waals surface area contributed by atoms with Crippen molar-refractivity contribution in [2.45, 2.75) is 6.61 Å². The summed E-state index contributed by atoms with van der Waals surface area (Å²) < 4.78 is 1.28. The number of phenolic OH excluding ortho intramolecular Hbond substituents is 2. The zero-order valence-corrected chi connectivity index (χ0v) is 7.70. The van der Waals surface area contributed by atoms with E-state index in [1.807, 2.05) is 0 Å². The van der Waals surface area contributed by atoms with Crippen molar-refractivity contribution in [2.24, 2.45) is 0 Å². The molecule has 15 heavy (non-hydrogen) atoms. The molecular weight excluding hydrogens is 198 g/mol. The Morgan fingerprint density at radius 3 is 2.73 bits per heavy atom. The monoisotopic (exact) mass is 207 g/mol. The molecule has 1 heterocycles. The lowest BCUT2D eigenvalue weighted by atomic mass is 10.3. The first-order valence-corrected chi connectivity index (χ1v) is 4.25. The van der Waals surface area contributed by atoms with Gasteiger partial charge in [0.15, 0.2) is 0 Å². The van der Waals surface area contributed by atoms with Crippen molar-refractivity contribution in [1.82, 2.24) is 15.0 Å². The summed E-state index contributed by atoms with van der Waals surface area (Å²) >= 11 is 0. The third kappa shape index (κ3) is 1.75. The molecule has 0 atom stereocenters. The van der Waals surface area contributed by atoms with Crippen LogP contribution < -0.4 is 0 Å². The summed E-state index contributed by atoms with van der Waals surface area (Å²) in [4.78, 5) is 0. The van der Waals surface area contributed by atoms with Crippen molar-refractivity contribution < 1.29 is 15.3 Å². The Balaban J connectivity index is 2.48. The van der Waals surface area contributed by atoms with Gasteiger partial charge in [-0.1, -0.05) is 5.21 Å². The van der Waals surface area contributed by atoms with Crippen LogP contribution in [-0.2, 0) is 6.61 Å². The SMILES string of the molecule is OCc1cn(-c2cc(O)ccc2O)nn1. The lowest BCUT2D eigenvalue weighted by Gasteiger charge is -2.03. The van der Waals surface area contributed by atoms with E-state index in [9.17, 15) is 10.2 Å². The van der Waals surface area contributed by atoms with E-state index in [0.717, 1.165) is 0 Å². The van der Waals surface area contributed by atoms with E-state index >= 15 is 0 Å². The maximum atomic E-state index is 9.51. The second-order valence-electron chi connectivity index (χ2n) is 2.99. The van der Waals surface area contributed by atoms with Crippen LogP contribution in [0.1, 0.15) is 5.69 Å². The molecule has 2 aromatic rings. The first-order chi connectivity index (χ1) is 7.20. The average molecular weight is 207 g/mol. The first-order valence-electron chi connectivity index (χ1n) is 4.25. The number of aromatic nitrogens is 3. The fraction of sp³-hybridized carbons (Fsp3) is 0.111. The predicted molar refractivity (Wildman–Crippen MR) is 50.6 cm³/mol. The molecular formula is C9H9N3O3. The molecule has 0 saturated heterocycles. The van der Waals surface area contributed by atoms with Gasteiger partial charge in [-0.2, -0.15) is 0 Å². The Morgan fingerprint density at radius 2 is 2.07 bits per heavy atom. The largest absolute Gasteiger partial charge is 0.508 e. The van der Waals surface area contributed by atoms with Gasteiger partial charge in [0.05, 0.1) is 12.8 Å². The number of hydrogen-bond acceptors (Lipinski definition) is 5. The predicted octanol–water partition coefficient (Wildman–Crippen LogP) is 0.171. The summed E-state index contributed by atoms with van der Waals surface area (Å²) in [5.74, 6) is -0.00830. The minimum atomic E-state index is -0.223. The molecule has 0 spiro atoms. The maximum Gasteiger partial charge on any atom is 0.141 e. The Bertz CT molecular complexity index is 481. The average Bonchev–Trinajstić information content (AvgIpc) is 2.70. The van der Waals surface area contributed by atoms with Gasteiger partial charge >= 0.3 is 0 Å². The van der Waals surface area contributed by atoms with Gasteiger partial charge in [0.2, 0.25) is 0 Å². The Labute approximate surface area is 85.0 Å². The van der Waals surface area contributed by atoms with Crippen LogP contribution in [0.25, 0.3) is 5.69 Å². The Hall–Kier alpha value is -2.08. The highest BCUT2D eigenvalue weighted by molar-refractivity contribution is 5.49. The van der Waals surface area contributed by atoms with Gasteiger partial charge in [0.25, 0.3) is 0 Å². The smallest absolute Gasteiger partial charge is 0.141 e. The lowest BCUT2D eigenvalue weighted by Crippen LogP contribution is -1.95. The van der Waals surface area contributed by atoms with E-state index < -0.39 is 0 Å². The summed E-state index contributed by atoms with van der Waals surface area (Å²) in [5, 5.41) is 34.9. The molecule has 0 aliphatic heterocycles. The molecule has 1 aromatic carbocycles. The topological polar surface area (TPSA) is 91.4 Å². The number of rotatable bonds is 2. The molecule has 0 saturated carbocycles. The summed E-state index contributed by atoms with van der Waals surface area (Å²) in [7, 11) is 0. The third-order valence-electron chi connectivity index (χ3n) is 1.91. The van der Waals surface area contributed by atoms with Crippen LogP contribution in [0, 0.1) is 0 Å². The first kappa shape index (κ1) is 9.47. The third-order valence-corrected chi connectivity index (χ3v) is 1.91. The lowest BCUT2D eigenvalue weighted by molar-refractivity contribution is 0.276. The van der Waals surface area contributed by atoms with Crippen molar-refractivity contribution in [2.75, 3.05) is 0 Å². The Morgan fingerprint density at radius 1 is 1.27 bits per heavy atom. The normalized spacial score (nSPS) is 10.5. The number of aliphatic hydroxyl groups excluding tert-OH is 1. The van der Waals surface area contributed by atoms with Gasteiger partial charge < -0.3 is 15.3 Å². The molecule has 3 N–H and O–H groups in total. The van der Waals surface area contributed by atoms with Crippen molar-refractivity contribution in [3.8, 4) is 17.2 Å². The van der Waals surface area contributed by atoms with Crippen LogP contribution in [0.15, 0.2) is 24.4 Å². The highest BCUT2D eigenvalue weighted by atomic mass is 16.3. The quantitative estimate of drug-likeness (QED) is 0.610. The van der Waals surface area contributed by atoms with Gasteiger partial charge in [0.1, 0.15) is 22.9 Å². The van der Waals surface area contributed by atoms with E-state index in [0.29, 0.717) is 11.4 Å². The number of benzene rings is 1. The number of aromatic hydroxyl groups is 2. The van der Waals surface area contributed by atoms with Gasteiger partial charge in [-0.05, 0) is 12.1 Å². The van der Waals surface area contributed by atoms with Gasteiger partial charge in [-0.3, -0.25) is 0 Å². The molecule has 6 nitrogen and oxygen atoms in total. The number of phenols is 2. The van der Waals surface area contributed by atoms with Gasteiger partial charge in [-0.15, -0.1) is 5.10 Å². The molecule has 1 aromatic heterocycles. The molecule has 0 aliphatic rings. The maximum absolute atomic E-state index is 9.51. The summed E-state index contributed by atoms with van der Waals surface area (Å²) in [6.07, 6.45) is 1.47. The van der Waals surface area contributed by atoms with Crippen molar-refractivity contribution >= 4 is 0 Å². The zero-order valence-electron chi connectivity index (χ0n) is 7.70. The number of nitrogens with zero attached hydrogens (tertiary/aromatic N) is 3. The molecule has 6 heteroatoms. The van der Waals surface area contributed by atoms with Crippen LogP contribution in [0.4, 0.5) is 0 Å². The minimum Gasteiger partial charge on any atom is -0.508 e. The second kappa shape index (κ2) is 3.58. The van der Waals surface area contributed by atoms with Crippen LogP contribution in [0.5, 0.6) is 11.5 Å². The fourth-order valence-corrected chi connectivity index (χ4v) is 1.18. The van der Waals surface area contributed by atoms with E-state index in [1.54, 1.807) is 0 Å². The highest BCUT2D eigenvalue weighted by Crippen LogP contribution is 2.25. The van der Waals surface area contributed by atoms with Crippen LogP contribution in [-0.4, -0.2) is 30.3 Å². The van der Waals surface area contributed by atoms with E-state index in [2.05, 4.69) is 10.3 Å². The van der Waals surface area contributed by atoms with Crippen LogP contribution in [0.2, 0.25) is 0 Å².